The van der Waals surface area contributed by atoms with Crippen LogP contribution in [0.15, 0.2) is 43.1 Å². The van der Waals surface area contributed by atoms with Crippen LogP contribution in [0.3, 0.4) is 0 Å². The van der Waals surface area contributed by atoms with Gasteiger partial charge in [-0.15, -0.1) is 0 Å². The zero-order chi connectivity index (χ0) is 22.7. The van der Waals surface area contributed by atoms with E-state index < -0.39 is 17.8 Å². The van der Waals surface area contributed by atoms with Gasteiger partial charge in [0, 0.05) is 7.11 Å². The number of aryl methyl sites for hydroxylation is 1. The largest absolute Gasteiger partial charge is 0.461 e. The van der Waals surface area contributed by atoms with E-state index in [1.165, 1.54) is 54.9 Å². The first kappa shape index (κ1) is 21.5. The van der Waals surface area contributed by atoms with Crippen molar-refractivity contribution in [1.82, 2.24) is 29.7 Å². The molecule has 0 fully saturated rings. The molecule has 4 rings (SSSR count). The normalized spacial score (nSPS) is 12.0. The molecule has 1 aromatic carbocycles. The topological polar surface area (TPSA) is 117 Å². The van der Waals surface area contributed by atoms with Crippen LogP contribution in [0.2, 0.25) is 5.02 Å². The summed E-state index contributed by atoms with van der Waals surface area (Å²) in [5, 5.41) is 7.49. The average Bonchev–Trinajstić information content (AvgIpc) is 3.20. The number of nitrogens with one attached hydrogen (secondary N) is 1. The summed E-state index contributed by atoms with van der Waals surface area (Å²) in [6.45, 7) is 1.74. The number of aromatic nitrogens is 6. The zero-order valence-electron chi connectivity index (χ0n) is 17.0. The van der Waals surface area contributed by atoms with Crippen LogP contribution in [0.5, 0.6) is 5.88 Å². The highest BCUT2D eigenvalue weighted by atomic mass is 35.5. The van der Waals surface area contributed by atoms with Crippen molar-refractivity contribution >= 4 is 34.4 Å². The van der Waals surface area contributed by atoms with E-state index in [1.54, 1.807) is 6.92 Å². The van der Waals surface area contributed by atoms with Crippen LogP contribution in [0.25, 0.3) is 16.7 Å². The third kappa shape index (κ3) is 4.48. The molecule has 4 aromatic rings. The zero-order valence-corrected chi connectivity index (χ0v) is 17.7. The Kier molecular flexibility index (Phi) is 6.19. The van der Waals surface area contributed by atoms with E-state index in [1.807, 2.05) is 0 Å². The number of hydrogen-bond acceptors (Lipinski definition) is 8. The molecular formula is C20H17ClFN7O3. The van der Waals surface area contributed by atoms with Gasteiger partial charge in [0.25, 0.3) is 5.91 Å². The Balaban J connectivity index is 1.62. The predicted octanol–water partition coefficient (Wildman–Crippen LogP) is 2.74. The molecule has 0 spiro atoms. The summed E-state index contributed by atoms with van der Waals surface area (Å²) in [5.41, 5.74) is 1.51. The molecule has 0 aliphatic rings. The van der Waals surface area contributed by atoms with E-state index in [9.17, 15) is 9.18 Å². The van der Waals surface area contributed by atoms with Crippen LogP contribution in [-0.4, -0.2) is 55.4 Å². The summed E-state index contributed by atoms with van der Waals surface area (Å²) in [5.74, 6) is -0.574. The van der Waals surface area contributed by atoms with Crippen LogP contribution in [0.1, 0.15) is 5.69 Å². The number of anilines is 1. The van der Waals surface area contributed by atoms with Gasteiger partial charge >= 0.3 is 0 Å². The second kappa shape index (κ2) is 9.20. The van der Waals surface area contributed by atoms with Gasteiger partial charge in [-0.2, -0.15) is 5.10 Å². The van der Waals surface area contributed by atoms with Crippen molar-refractivity contribution in [1.29, 1.82) is 0 Å². The van der Waals surface area contributed by atoms with E-state index in [0.717, 1.165) is 0 Å². The summed E-state index contributed by atoms with van der Waals surface area (Å²) in [6.07, 6.45) is 4.66. The maximum Gasteiger partial charge on any atom is 0.269 e. The Morgan fingerprint density at radius 3 is 2.78 bits per heavy atom. The van der Waals surface area contributed by atoms with Crippen LogP contribution in [-0.2, 0) is 9.53 Å². The second-order valence-electron chi connectivity index (χ2n) is 6.66. The van der Waals surface area contributed by atoms with Gasteiger partial charge in [0.2, 0.25) is 12.0 Å². The molecule has 0 saturated heterocycles. The number of amides is 1. The van der Waals surface area contributed by atoms with Crippen molar-refractivity contribution in [3.8, 4) is 11.6 Å². The van der Waals surface area contributed by atoms with Crippen molar-refractivity contribution in [2.24, 2.45) is 0 Å². The lowest BCUT2D eigenvalue weighted by Gasteiger charge is -2.17. The summed E-state index contributed by atoms with van der Waals surface area (Å²) < 4.78 is 25.8. The molecule has 12 heteroatoms. The van der Waals surface area contributed by atoms with E-state index in [-0.39, 0.29) is 23.3 Å². The molecule has 164 valence electrons. The summed E-state index contributed by atoms with van der Waals surface area (Å²) >= 11 is 6.16. The molecule has 0 radical (unpaired) electrons. The number of halogens is 2. The first-order valence-electron chi connectivity index (χ1n) is 9.35. The quantitative estimate of drug-likeness (QED) is 0.450. The highest BCUT2D eigenvalue weighted by Gasteiger charge is 2.24. The average molecular weight is 458 g/mol. The van der Waals surface area contributed by atoms with Crippen molar-refractivity contribution in [2.45, 2.75) is 13.0 Å². The molecule has 3 aromatic heterocycles. The van der Waals surface area contributed by atoms with Gasteiger partial charge in [0.1, 0.15) is 17.5 Å². The van der Waals surface area contributed by atoms with Crippen molar-refractivity contribution in [3.63, 3.8) is 0 Å². The molecule has 1 amide bonds. The highest BCUT2D eigenvalue weighted by Crippen LogP contribution is 2.27. The molecule has 1 N–H and O–H groups in total. The molecule has 32 heavy (non-hydrogen) atoms. The fourth-order valence-corrected chi connectivity index (χ4v) is 3.11. The molecule has 0 unspecified atom stereocenters. The van der Waals surface area contributed by atoms with Crippen molar-refractivity contribution in [2.75, 3.05) is 19.0 Å². The molecule has 10 nitrogen and oxygen atoms in total. The number of rotatable bonds is 7. The minimum atomic E-state index is -1.04. The number of fused-ring (bicyclic) bond motifs is 1. The van der Waals surface area contributed by atoms with Crippen LogP contribution < -0.4 is 10.1 Å². The Morgan fingerprint density at radius 2 is 2.06 bits per heavy atom. The standard InChI is InChI=1S/C20H17ClFN7O3/c1-11-6-24-17(8-23-11)28-19(30)16(9-31-2)32-20-13-7-27-29(18(13)25-10-26-20)15-4-3-12(22)5-14(15)21/h3-8,10,16H,9H2,1-2H3,(H,24,28,30)/t16-/m0/s1. The number of methoxy groups -OCH3 is 1. The number of ether oxygens (including phenoxy) is 2. The lowest BCUT2D eigenvalue weighted by Crippen LogP contribution is -2.37. The number of hydrogen-bond donors (Lipinski definition) is 1. The smallest absolute Gasteiger partial charge is 0.269 e. The Bertz CT molecular complexity index is 1270. The van der Waals surface area contributed by atoms with Gasteiger partial charge in [-0.05, 0) is 25.1 Å². The van der Waals surface area contributed by atoms with E-state index in [0.29, 0.717) is 22.4 Å². The molecular weight excluding hydrogens is 441 g/mol. The predicted molar refractivity (Wildman–Crippen MR) is 113 cm³/mol. The third-order valence-electron chi connectivity index (χ3n) is 4.36. The van der Waals surface area contributed by atoms with E-state index in [2.05, 4.69) is 30.4 Å². The van der Waals surface area contributed by atoms with Crippen LogP contribution in [0, 0.1) is 12.7 Å². The molecule has 0 saturated carbocycles. The summed E-state index contributed by atoms with van der Waals surface area (Å²) in [7, 11) is 1.44. The Hall–Kier alpha value is -3.70. The maximum atomic E-state index is 13.4. The van der Waals surface area contributed by atoms with Crippen molar-refractivity contribution in [3.05, 3.63) is 59.7 Å². The number of carbonyl (C=O) groups excluding carboxylic acids is 1. The maximum absolute atomic E-state index is 13.4. The van der Waals surface area contributed by atoms with Gasteiger partial charge in [0.15, 0.2) is 11.5 Å². The van der Waals surface area contributed by atoms with Gasteiger partial charge < -0.3 is 14.8 Å². The first-order chi connectivity index (χ1) is 15.5. The van der Waals surface area contributed by atoms with Crippen molar-refractivity contribution < 1.29 is 18.7 Å². The van der Waals surface area contributed by atoms with Gasteiger partial charge in [-0.1, -0.05) is 11.6 Å². The highest BCUT2D eigenvalue weighted by molar-refractivity contribution is 6.32. The first-order valence-corrected chi connectivity index (χ1v) is 9.73. The second-order valence-corrected chi connectivity index (χ2v) is 7.07. The van der Waals surface area contributed by atoms with E-state index in [4.69, 9.17) is 21.1 Å². The molecule has 0 bridgehead atoms. The SMILES string of the molecule is COC[C@H](Oc1ncnc2c1cnn2-c1ccc(F)cc1Cl)C(=O)Nc1cnc(C)cn1. The van der Waals surface area contributed by atoms with Gasteiger partial charge in [0.05, 0.1) is 41.6 Å². The van der Waals surface area contributed by atoms with Crippen LogP contribution in [0.4, 0.5) is 10.2 Å². The Morgan fingerprint density at radius 1 is 1.22 bits per heavy atom. The van der Waals surface area contributed by atoms with Gasteiger partial charge in [-0.25, -0.2) is 24.0 Å². The fourth-order valence-electron chi connectivity index (χ4n) is 2.86. The minimum Gasteiger partial charge on any atom is -0.461 e. The number of nitrogens with zero attached hydrogens (tertiary/aromatic N) is 6. The van der Waals surface area contributed by atoms with E-state index >= 15 is 0 Å². The molecule has 0 aliphatic carbocycles. The Labute approximate surface area is 186 Å². The van der Waals surface area contributed by atoms with Crippen LogP contribution >= 0.6 is 11.6 Å². The lowest BCUT2D eigenvalue weighted by atomic mass is 10.3. The number of benzene rings is 1. The van der Waals surface area contributed by atoms with Gasteiger partial charge in [-0.3, -0.25) is 9.78 Å². The summed E-state index contributed by atoms with van der Waals surface area (Å²) in [6, 6.07) is 3.92. The molecule has 0 aliphatic heterocycles. The molecule has 1 atom stereocenters. The summed E-state index contributed by atoms with van der Waals surface area (Å²) in [4.78, 5) is 29.3. The fraction of sp³-hybridized carbons (Fsp3) is 0.200. The number of carbonyl (C=O) groups is 1. The molecule has 3 heterocycles. The monoisotopic (exact) mass is 457 g/mol. The minimum absolute atomic E-state index is 0.0471. The lowest BCUT2D eigenvalue weighted by molar-refractivity contribution is -0.125. The third-order valence-corrected chi connectivity index (χ3v) is 4.67.